The van der Waals surface area contributed by atoms with Crippen LogP contribution in [-0.2, 0) is 9.53 Å². The van der Waals surface area contributed by atoms with Crippen molar-refractivity contribution in [1.82, 2.24) is 0 Å². The maximum atomic E-state index is 11.9. The summed E-state index contributed by atoms with van der Waals surface area (Å²) >= 11 is 3.32. The molecule has 108 valence electrons. The number of carbonyl (C=O) groups is 1. The van der Waals surface area contributed by atoms with E-state index in [0.717, 1.165) is 17.3 Å². The Balaban J connectivity index is 2.44. The number of nitro benzene ring substituents is 1. The second-order valence-electron chi connectivity index (χ2n) is 4.62. The molecule has 1 fully saturated rings. The van der Waals surface area contributed by atoms with Crippen molar-refractivity contribution < 1.29 is 14.5 Å². The van der Waals surface area contributed by atoms with Gasteiger partial charge < -0.3 is 9.64 Å². The minimum absolute atomic E-state index is 0.00371. The first-order valence-corrected chi connectivity index (χ1v) is 7.12. The fourth-order valence-corrected chi connectivity index (χ4v) is 2.83. The van der Waals surface area contributed by atoms with E-state index in [1.165, 1.54) is 13.2 Å². The number of nitro groups is 1. The van der Waals surface area contributed by atoms with Gasteiger partial charge in [0.2, 0.25) is 0 Å². The number of hydrogen-bond donors (Lipinski definition) is 0. The zero-order valence-electron chi connectivity index (χ0n) is 11.0. The van der Waals surface area contributed by atoms with Crippen molar-refractivity contribution in [2.24, 2.45) is 0 Å². The van der Waals surface area contributed by atoms with E-state index in [1.54, 1.807) is 17.0 Å². The van der Waals surface area contributed by atoms with Crippen LogP contribution >= 0.6 is 15.9 Å². The third-order valence-electron chi connectivity index (χ3n) is 3.42. The van der Waals surface area contributed by atoms with Crippen LogP contribution in [0.2, 0.25) is 0 Å². The fraction of sp³-hybridized carbons (Fsp3) is 0.462. The molecule has 1 saturated heterocycles. The second-order valence-corrected chi connectivity index (χ2v) is 5.53. The number of benzene rings is 1. The number of halogens is 1. The van der Waals surface area contributed by atoms with Gasteiger partial charge in [0, 0.05) is 17.1 Å². The van der Waals surface area contributed by atoms with Gasteiger partial charge in [0.25, 0.3) is 5.69 Å². The summed E-state index contributed by atoms with van der Waals surface area (Å²) in [6, 6.07) is 4.29. The van der Waals surface area contributed by atoms with Crippen LogP contribution in [0.4, 0.5) is 11.4 Å². The van der Waals surface area contributed by atoms with E-state index in [1.807, 2.05) is 0 Å². The average Bonchev–Trinajstić information content (AvgIpc) is 2.46. The first-order valence-electron chi connectivity index (χ1n) is 6.33. The molecule has 6 nitrogen and oxygen atoms in total. The highest BCUT2D eigenvalue weighted by Gasteiger charge is 2.33. The molecule has 0 radical (unpaired) electrons. The average molecular weight is 343 g/mol. The fourth-order valence-electron chi connectivity index (χ4n) is 2.48. The third-order valence-corrected chi connectivity index (χ3v) is 3.91. The number of carbonyl (C=O) groups excluding carboxylic acids is 1. The maximum absolute atomic E-state index is 11.9. The molecular formula is C13H15BrN2O4. The summed E-state index contributed by atoms with van der Waals surface area (Å²) in [6.45, 7) is 0.608. The van der Waals surface area contributed by atoms with Crippen molar-refractivity contribution in [2.45, 2.75) is 25.3 Å². The zero-order chi connectivity index (χ0) is 14.7. The molecule has 1 atom stereocenters. The summed E-state index contributed by atoms with van der Waals surface area (Å²) in [5.74, 6) is -0.348. The normalized spacial score (nSPS) is 18.7. The maximum Gasteiger partial charge on any atom is 0.328 e. The molecule has 1 aliphatic heterocycles. The largest absolute Gasteiger partial charge is 0.467 e. The molecule has 1 unspecified atom stereocenters. The number of piperidine rings is 1. The van der Waals surface area contributed by atoms with Gasteiger partial charge in [-0.25, -0.2) is 4.79 Å². The second kappa shape index (κ2) is 6.21. The van der Waals surface area contributed by atoms with Crippen LogP contribution in [0.5, 0.6) is 0 Å². The van der Waals surface area contributed by atoms with Crippen molar-refractivity contribution in [3.63, 3.8) is 0 Å². The van der Waals surface area contributed by atoms with Gasteiger partial charge in [0.15, 0.2) is 0 Å². The molecule has 2 rings (SSSR count). The Morgan fingerprint density at radius 1 is 1.50 bits per heavy atom. The summed E-state index contributed by atoms with van der Waals surface area (Å²) in [5.41, 5.74) is 0.462. The number of anilines is 1. The minimum Gasteiger partial charge on any atom is -0.467 e. The van der Waals surface area contributed by atoms with Crippen LogP contribution in [0.15, 0.2) is 22.7 Å². The number of ether oxygens (including phenoxy) is 1. The molecule has 0 bridgehead atoms. The van der Waals surface area contributed by atoms with Crippen LogP contribution in [0, 0.1) is 10.1 Å². The molecule has 7 heteroatoms. The Bertz CT molecular complexity index is 535. The van der Waals surface area contributed by atoms with Crippen molar-refractivity contribution >= 4 is 33.3 Å². The highest BCUT2D eigenvalue weighted by molar-refractivity contribution is 9.10. The van der Waals surface area contributed by atoms with E-state index in [9.17, 15) is 14.9 Å². The Morgan fingerprint density at radius 3 is 2.90 bits per heavy atom. The number of methoxy groups -OCH3 is 1. The van der Waals surface area contributed by atoms with Gasteiger partial charge in [0.1, 0.15) is 11.7 Å². The van der Waals surface area contributed by atoms with Crippen LogP contribution < -0.4 is 4.90 Å². The Kier molecular flexibility index (Phi) is 4.59. The van der Waals surface area contributed by atoms with E-state index in [-0.39, 0.29) is 11.7 Å². The topological polar surface area (TPSA) is 72.7 Å². The number of nitrogens with zero attached hydrogens (tertiary/aromatic N) is 2. The van der Waals surface area contributed by atoms with E-state index in [4.69, 9.17) is 4.74 Å². The molecule has 0 amide bonds. The predicted molar refractivity (Wildman–Crippen MR) is 77.8 cm³/mol. The molecule has 1 heterocycles. The molecule has 0 spiro atoms. The molecular weight excluding hydrogens is 328 g/mol. The van der Waals surface area contributed by atoms with Crippen molar-refractivity contribution in [2.75, 3.05) is 18.6 Å². The van der Waals surface area contributed by atoms with Crippen LogP contribution in [-0.4, -0.2) is 30.6 Å². The third kappa shape index (κ3) is 2.92. The smallest absolute Gasteiger partial charge is 0.328 e. The standard InChI is InChI=1S/C13H15BrN2O4/c1-20-13(17)11-4-2-3-7-15(11)12-8-9(14)5-6-10(12)16(18)19/h5-6,8,11H,2-4,7H2,1H3. The quantitative estimate of drug-likeness (QED) is 0.479. The lowest BCUT2D eigenvalue weighted by atomic mass is 10.0. The van der Waals surface area contributed by atoms with Gasteiger partial charge in [-0.1, -0.05) is 15.9 Å². The lowest BCUT2D eigenvalue weighted by Crippen LogP contribution is -2.45. The van der Waals surface area contributed by atoms with Crippen molar-refractivity contribution in [1.29, 1.82) is 0 Å². The number of esters is 1. The predicted octanol–water partition coefficient (Wildman–Crippen LogP) is 2.89. The van der Waals surface area contributed by atoms with Gasteiger partial charge >= 0.3 is 5.97 Å². The van der Waals surface area contributed by atoms with Crippen LogP contribution in [0.1, 0.15) is 19.3 Å². The lowest BCUT2D eigenvalue weighted by molar-refractivity contribution is -0.384. The SMILES string of the molecule is COC(=O)C1CCCCN1c1cc(Br)ccc1[N+](=O)[O-]. The van der Waals surface area contributed by atoms with Gasteiger partial charge in [-0.2, -0.15) is 0 Å². The minimum atomic E-state index is -0.457. The van der Waals surface area contributed by atoms with Crippen LogP contribution in [0.25, 0.3) is 0 Å². The molecule has 1 aromatic carbocycles. The lowest BCUT2D eigenvalue weighted by Gasteiger charge is -2.35. The van der Waals surface area contributed by atoms with Gasteiger partial charge in [-0.05, 0) is 31.4 Å². The van der Waals surface area contributed by atoms with E-state index in [0.29, 0.717) is 18.7 Å². The summed E-state index contributed by atoms with van der Waals surface area (Å²) in [6.07, 6.45) is 2.46. The zero-order valence-corrected chi connectivity index (χ0v) is 12.6. The van der Waals surface area contributed by atoms with Crippen LogP contribution in [0.3, 0.4) is 0 Å². The number of rotatable bonds is 3. The highest BCUT2D eigenvalue weighted by atomic mass is 79.9. The molecule has 0 aliphatic carbocycles. The van der Waals surface area contributed by atoms with E-state index in [2.05, 4.69) is 15.9 Å². The highest BCUT2D eigenvalue weighted by Crippen LogP contribution is 2.35. The van der Waals surface area contributed by atoms with Crippen molar-refractivity contribution in [3.8, 4) is 0 Å². The molecule has 0 aromatic heterocycles. The molecule has 0 N–H and O–H groups in total. The summed E-state index contributed by atoms with van der Waals surface area (Å²) in [7, 11) is 1.34. The first-order chi connectivity index (χ1) is 9.54. The Labute approximate surface area is 125 Å². The summed E-state index contributed by atoms with van der Waals surface area (Å²) in [4.78, 5) is 24.4. The molecule has 20 heavy (non-hydrogen) atoms. The molecule has 0 saturated carbocycles. The van der Waals surface area contributed by atoms with E-state index >= 15 is 0 Å². The van der Waals surface area contributed by atoms with Gasteiger partial charge in [-0.15, -0.1) is 0 Å². The molecule has 1 aliphatic rings. The van der Waals surface area contributed by atoms with Crippen molar-refractivity contribution in [3.05, 3.63) is 32.8 Å². The summed E-state index contributed by atoms with van der Waals surface area (Å²) < 4.78 is 5.55. The first kappa shape index (κ1) is 14.8. The molecule has 1 aromatic rings. The Morgan fingerprint density at radius 2 is 2.25 bits per heavy atom. The van der Waals surface area contributed by atoms with Gasteiger partial charge in [-0.3, -0.25) is 10.1 Å². The monoisotopic (exact) mass is 342 g/mol. The van der Waals surface area contributed by atoms with E-state index < -0.39 is 11.0 Å². The summed E-state index contributed by atoms with van der Waals surface area (Å²) in [5, 5.41) is 11.2. The van der Waals surface area contributed by atoms with Gasteiger partial charge in [0.05, 0.1) is 12.0 Å². The Hall–Kier alpha value is -1.63. The number of hydrogen-bond acceptors (Lipinski definition) is 5.